The van der Waals surface area contributed by atoms with Gasteiger partial charge in [-0.05, 0) is 84.3 Å². The summed E-state index contributed by atoms with van der Waals surface area (Å²) in [6, 6.07) is 17.8. The van der Waals surface area contributed by atoms with Gasteiger partial charge in [0, 0.05) is 0 Å². The number of hydrogen-bond acceptors (Lipinski definition) is 5. The number of barbiturate groups is 1. The Balaban J connectivity index is 1.67. The average Bonchev–Trinajstić information content (AvgIpc) is 2.82. The van der Waals surface area contributed by atoms with E-state index in [9.17, 15) is 14.4 Å². The number of ether oxygens (including phenoxy) is 2. The molecule has 0 spiro atoms. The van der Waals surface area contributed by atoms with Crippen molar-refractivity contribution in [3.8, 4) is 11.5 Å². The minimum absolute atomic E-state index is 0.149. The molecule has 0 atom stereocenters. The van der Waals surface area contributed by atoms with Crippen LogP contribution in [0.25, 0.3) is 6.08 Å². The number of nitrogens with one attached hydrogen (secondary N) is 1. The summed E-state index contributed by atoms with van der Waals surface area (Å²) in [4.78, 5) is 39.4. The number of para-hydroxylation sites is 1. The van der Waals surface area contributed by atoms with E-state index in [1.807, 2.05) is 38.1 Å². The fourth-order valence-electron chi connectivity index (χ4n) is 3.89. The fraction of sp³-hybridized carbons (Fsp3) is 0.179. The molecule has 0 aromatic heterocycles. The predicted molar refractivity (Wildman–Crippen MR) is 146 cm³/mol. The van der Waals surface area contributed by atoms with E-state index < -0.39 is 17.8 Å². The quantitative estimate of drug-likeness (QED) is 0.220. The Bertz CT molecular complexity index is 1380. The molecule has 4 rings (SSSR count). The van der Waals surface area contributed by atoms with Crippen LogP contribution >= 0.6 is 22.6 Å². The summed E-state index contributed by atoms with van der Waals surface area (Å²) in [7, 11) is 0. The number of anilines is 1. The van der Waals surface area contributed by atoms with Crippen LogP contribution in [0.2, 0.25) is 0 Å². The lowest BCUT2D eigenvalue weighted by Gasteiger charge is -2.27. The van der Waals surface area contributed by atoms with Gasteiger partial charge in [-0.1, -0.05) is 48.0 Å². The maximum atomic E-state index is 13.3. The highest BCUT2D eigenvalue weighted by atomic mass is 127. The van der Waals surface area contributed by atoms with E-state index in [2.05, 4.69) is 34.0 Å². The molecule has 1 heterocycles. The van der Waals surface area contributed by atoms with Crippen molar-refractivity contribution in [2.75, 3.05) is 11.5 Å². The number of aryl methyl sites for hydroxylation is 2. The van der Waals surface area contributed by atoms with Crippen LogP contribution in [0, 0.1) is 17.4 Å². The van der Waals surface area contributed by atoms with Gasteiger partial charge >= 0.3 is 6.03 Å². The Hall–Kier alpha value is -3.66. The summed E-state index contributed by atoms with van der Waals surface area (Å²) in [6.07, 6.45) is 1.46. The largest absolute Gasteiger partial charge is 0.490 e. The lowest BCUT2D eigenvalue weighted by molar-refractivity contribution is -0.122. The van der Waals surface area contributed by atoms with Crippen LogP contribution in [0.5, 0.6) is 11.5 Å². The number of hydrogen-bond donors (Lipinski definition) is 1. The monoisotopic (exact) mass is 596 g/mol. The predicted octanol–water partition coefficient (Wildman–Crippen LogP) is 5.55. The van der Waals surface area contributed by atoms with E-state index in [1.165, 1.54) is 6.08 Å². The van der Waals surface area contributed by atoms with E-state index in [-0.39, 0.29) is 5.57 Å². The molecule has 1 N–H and O–H groups in total. The molecule has 4 amide bonds. The smallest absolute Gasteiger partial charge is 0.335 e. The Kier molecular flexibility index (Phi) is 7.73. The number of nitrogens with zero attached hydrogens (tertiary/aromatic N) is 1. The summed E-state index contributed by atoms with van der Waals surface area (Å²) in [5, 5.41) is 2.27. The van der Waals surface area contributed by atoms with Crippen LogP contribution in [0.4, 0.5) is 10.5 Å². The van der Waals surface area contributed by atoms with Crippen LogP contribution in [0.1, 0.15) is 29.2 Å². The van der Waals surface area contributed by atoms with Crippen LogP contribution in [-0.2, 0) is 16.2 Å². The van der Waals surface area contributed by atoms with E-state index in [0.717, 1.165) is 25.2 Å². The number of rotatable bonds is 7. The molecule has 0 bridgehead atoms. The van der Waals surface area contributed by atoms with Crippen LogP contribution < -0.4 is 19.7 Å². The van der Waals surface area contributed by atoms with Crippen molar-refractivity contribution in [3.63, 3.8) is 0 Å². The minimum Gasteiger partial charge on any atom is -0.490 e. The van der Waals surface area contributed by atoms with Gasteiger partial charge < -0.3 is 9.47 Å². The Morgan fingerprint density at radius 3 is 2.47 bits per heavy atom. The third-order valence-electron chi connectivity index (χ3n) is 5.57. The minimum atomic E-state index is -0.777. The maximum Gasteiger partial charge on any atom is 0.335 e. The molecule has 0 unspecified atom stereocenters. The number of carbonyl (C=O) groups excluding carboxylic acids is 3. The second-order valence-corrected chi connectivity index (χ2v) is 9.45. The molecule has 0 aliphatic carbocycles. The van der Waals surface area contributed by atoms with Gasteiger partial charge in [-0.25, -0.2) is 9.69 Å². The highest BCUT2D eigenvalue weighted by Gasteiger charge is 2.37. The molecule has 8 heteroatoms. The summed E-state index contributed by atoms with van der Waals surface area (Å²) in [5.41, 5.74) is 3.75. The fourth-order valence-corrected chi connectivity index (χ4v) is 4.67. The highest BCUT2D eigenvalue weighted by Crippen LogP contribution is 2.36. The average molecular weight is 596 g/mol. The topological polar surface area (TPSA) is 84.9 Å². The summed E-state index contributed by atoms with van der Waals surface area (Å²) < 4.78 is 12.7. The number of urea groups is 1. The molecule has 1 fully saturated rings. The molecule has 184 valence electrons. The van der Waals surface area contributed by atoms with Crippen LogP contribution in [0.3, 0.4) is 0 Å². The van der Waals surface area contributed by atoms with Crippen LogP contribution in [-0.4, -0.2) is 24.5 Å². The standard InChI is InChI=1S/C28H25IN2O5/c1-4-35-24-15-20(14-22(29)25(24)36-16-19-10-7-8-17(2)12-19)13-21-26(32)30-28(34)31(27(21)33)23-11-6-5-9-18(23)3/h5-15H,4,16H2,1-3H3,(H,30,32,34)/b21-13+. The molecule has 7 nitrogen and oxygen atoms in total. The van der Waals surface area contributed by atoms with Gasteiger partial charge in [0.15, 0.2) is 11.5 Å². The van der Waals surface area contributed by atoms with E-state index in [1.54, 1.807) is 37.3 Å². The van der Waals surface area contributed by atoms with Gasteiger partial charge in [-0.2, -0.15) is 0 Å². The second-order valence-electron chi connectivity index (χ2n) is 8.29. The molecular weight excluding hydrogens is 571 g/mol. The lowest BCUT2D eigenvalue weighted by atomic mass is 10.1. The summed E-state index contributed by atoms with van der Waals surface area (Å²) >= 11 is 2.14. The molecule has 1 aliphatic rings. The Morgan fingerprint density at radius 2 is 1.75 bits per heavy atom. The van der Waals surface area contributed by atoms with Crippen molar-refractivity contribution >= 4 is 52.2 Å². The van der Waals surface area contributed by atoms with E-state index in [4.69, 9.17) is 9.47 Å². The molecule has 0 saturated carbocycles. The van der Waals surface area contributed by atoms with Gasteiger partial charge in [0.25, 0.3) is 11.8 Å². The van der Waals surface area contributed by atoms with Crippen molar-refractivity contribution in [2.45, 2.75) is 27.4 Å². The molecule has 36 heavy (non-hydrogen) atoms. The van der Waals surface area contributed by atoms with Gasteiger partial charge in [0.1, 0.15) is 12.2 Å². The third kappa shape index (κ3) is 5.43. The van der Waals surface area contributed by atoms with Gasteiger partial charge in [-0.15, -0.1) is 0 Å². The first-order valence-electron chi connectivity index (χ1n) is 11.4. The zero-order chi connectivity index (χ0) is 25.8. The zero-order valence-corrected chi connectivity index (χ0v) is 22.3. The molecule has 0 radical (unpaired) electrons. The number of halogens is 1. The number of carbonyl (C=O) groups is 3. The van der Waals surface area contributed by atoms with Gasteiger partial charge in [0.05, 0.1) is 15.9 Å². The Labute approximate surface area is 223 Å². The first-order chi connectivity index (χ1) is 17.3. The number of imide groups is 2. The van der Waals surface area contributed by atoms with E-state index >= 15 is 0 Å². The van der Waals surface area contributed by atoms with Gasteiger partial charge in [-0.3, -0.25) is 14.9 Å². The molecule has 3 aromatic rings. The summed E-state index contributed by atoms with van der Waals surface area (Å²) in [5.74, 6) is -0.356. The molecular formula is C28H25IN2O5. The second kappa shape index (κ2) is 10.9. The van der Waals surface area contributed by atoms with Crippen LogP contribution in [0.15, 0.2) is 66.2 Å². The third-order valence-corrected chi connectivity index (χ3v) is 6.37. The van der Waals surface area contributed by atoms with E-state index in [0.29, 0.717) is 36.0 Å². The lowest BCUT2D eigenvalue weighted by Crippen LogP contribution is -2.54. The number of benzene rings is 3. The molecule has 1 aliphatic heterocycles. The first-order valence-corrected chi connectivity index (χ1v) is 12.5. The SMILES string of the molecule is CCOc1cc(/C=C2\C(=O)NC(=O)N(c3ccccc3C)C2=O)cc(I)c1OCc1cccc(C)c1. The zero-order valence-electron chi connectivity index (χ0n) is 20.1. The normalized spacial score (nSPS) is 14.7. The molecule has 3 aromatic carbocycles. The summed E-state index contributed by atoms with van der Waals surface area (Å²) in [6.45, 7) is 6.46. The number of amides is 4. The van der Waals surface area contributed by atoms with Gasteiger partial charge in [0.2, 0.25) is 0 Å². The first kappa shape index (κ1) is 25.4. The maximum absolute atomic E-state index is 13.3. The molecule has 1 saturated heterocycles. The van der Waals surface area contributed by atoms with Crippen molar-refractivity contribution in [3.05, 3.63) is 92.1 Å². The van der Waals surface area contributed by atoms with Crippen molar-refractivity contribution in [2.24, 2.45) is 0 Å². The highest BCUT2D eigenvalue weighted by molar-refractivity contribution is 14.1. The van der Waals surface area contributed by atoms with Crippen molar-refractivity contribution in [1.82, 2.24) is 5.32 Å². The van der Waals surface area contributed by atoms with Crippen molar-refractivity contribution < 1.29 is 23.9 Å². The van der Waals surface area contributed by atoms with Crippen molar-refractivity contribution in [1.29, 1.82) is 0 Å². The Morgan fingerprint density at radius 1 is 0.972 bits per heavy atom.